The van der Waals surface area contributed by atoms with Gasteiger partial charge in [-0.3, -0.25) is 0 Å². The van der Waals surface area contributed by atoms with E-state index in [0.29, 0.717) is 19.1 Å². The highest BCUT2D eigenvalue weighted by atomic mass is 32.1. The molecule has 6 heteroatoms. The highest BCUT2D eigenvalue weighted by Crippen LogP contribution is 2.39. The van der Waals surface area contributed by atoms with Gasteiger partial charge in [-0.15, -0.1) is 11.3 Å². The van der Waals surface area contributed by atoms with Crippen LogP contribution >= 0.6 is 11.3 Å². The molecular weight excluding hydrogens is 432 g/mol. The maximum Gasteiger partial charge on any atom is 0.128 e. The van der Waals surface area contributed by atoms with Crippen molar-refractivity contribution >= 4 is 32.3 Å². The van der Waals surface area contributed by atoms with Gasteiger partial charge >= 0.3 is 0 Å². The van der Waals surface area contributed by atoms with Crippen LogP contribution in [0.15, 0.2) is 54.7 Å². The summed E-state index contributed by atoms with van der Waals surface area (Å²) in [6, 6.07) is 16.6. The molecule has 5 rings (SSSR count). The number of β-amino-alcohol motifs (C(OH)–C–C–N with tert-alkyl or cyclic N) is 1. The smallest absolute Gasteiger partial charge is 0.128 e. The minimum atomic E-state index is -0.504. The molecule has 1 aliphatic heterocycles. The summed E-state index contributed by atoms with van der Waals surface area (Å²) in [6.45, 7) is 7.09. The Morgan fingerprint density at radius 1 is 1.06 bits per heavy atom. The predicted octanol–water partition coefficient (Wildman–Crippen LogP) is 5.79. The van der Waals surface area contributed by atoms with Gasteiger partial charge in [0.05, 0.1) is 6.10 Å². The van der Waals surface area contributed by atoms with Crippen LogP contribution in [0.5, 0.6) is 11.5 Å². The number of nitrogens with one attached hydrogen (secondary N) is 1. The number of piperidine rings is 1. The average molecular weight is 465 g/mol. The molecule has 2 aromatic carbocycles. The number of H-pyrrole nitrogens is 1. The molecule has 5 nitrogen and oxygen atoms in total. The molecule has 1 atom stereocenters. The van der Waals surface area contributed by atoms with Crippen LogP contribution in [0, 0.1) is 0 Å². The maximum absolute atomic E-state index is 10.6. The van der Waals surface area contributed by atoms with Crippen molar-refractivity contribution in [2.24, 2.45) is 0 Å². The van der Waals surface area contributed by atoms with E-state index in [1.54, 1.807) is 0 Å². The minimum absolute atomic E-state index is 0.175. The Hall–Kier alpha value is -2.54. The van der Waals surface area contributed by atoms with Crippen molar-refractivity contribution in [2.75, 3.05) is 26.2 Å². The summed E-state index contributed by atoms with van der Waals surface area (Å²) >= 11 is 1.90. The normalized spacial score (nSPS) is 16.6. The number of aromatic amines is 1. The van der Waals surface area contributed by atoms with Gasteiger partial charge in [-0.2, -0.15) is 0 Å². The molecule has 0 spiro atoms. The van der Waals surface area contributed by atoms with Crippen LogP contribution in [0.4, 0.5) is 0 Å². The zero-order chi connectivity index (χ0) is 22.8. The van der Waals surface area contributed by atoms with E-state index in [1.807, 2.05) is 41.8 Å². The Bertz CT molecular complexity index is 1210. The van der Waals surface area contributed by atoms with E-state index in [2.05, 4.69) is 48.0 Å². The van der Waals surface area contributed by atoms with E-state index in [0.717, 1.165) is 48.3 Å². The molecule has 33 heavy (non-hydrogen) atoms. The van der Waals surface area contributed by atoms with Gasteiger partial charge in [0.25, 0.3) is 0 Å². The number of rotatable bonds is 8. The van der Waals surface area contributed by atoms with Crippen LogP contribution < -0.4 is 9.47 Å². The summed E-state index contributed by atoms with van der Waals surface area (Å²) < 4.78 is 13.3. The number of hydrogen-bond acceptors (Lipinski definition) is 5. The van der Waals surface area contributed by atoms with Gasteiger partial charge in [-0.1, -0.05) is 12.1 Å². The molecule has 3 heterocycles. The summed E-state index contributed by atoms with van der Waals surface area (Å²) in [4.78, 5) is 7.01. The quantitative estimate of drug-likeness (QED) is 0.347. The van der Waals surface area contributed by atoms with Gasteiger partial charge in [-0.25, -0.2) is 0 Å². The number of hydrogen-bond donors (Lipinski definition) is 2. The van der Waals surface area contributed by atoms with Crippen molar-refractivity contribution in [1.82, 2.24) is 9.88 Å². The molecule has 0 bridgehead atoms. The molecule has 0 aliphatic carbocycles. The molecule has 2 aromatic heterocycles. The van der Waals surface area contributed by atoms with E-state index in [4.69, 9.17) is 9.47 Å². The van der Waals surface area contributed by atoms with Crippen molar-refractivity contribution < 1.29 is 14.6 Å². The SMILES string of the molecule is CC(C)Oc1cccc2sc(C3CCN(C[C@H](O)COc4cccc5[nH]ccc45)CC3)cc12. The van der Waals surface area contributed by atoms with Crippen LogP contribution in [0.25, 0.3) is 21.0 Å². The third-order valence-electron chi connectivity index (χ3n) is 6.35. The van der Waals surface area contributed by atoms with E-state index < -0.39 is 6.10 Å². The van der Waals surface area contributed by atoms with Crippen LogP contribution in [0.3, 0.4) is 0 Å². The standard InChI is InChI=1S/C27H32N2O3S/c1-18(2)32-25-7-4-8-26-22(25)15-27(33-26)19-10-13-29(14-11-19)16-20(30)17-31-24-6-3-5-23-21(24)9-12-28-23/h3-9,12,15,18-20,28,30H,10-11,13-14,16-17H2,1-2H3/t20-/m0/s1. The van der Waals surface area contributed by atoms with Gasteiger partial charge < -0.3 is 24.5 Å². The summed E-state index contributed by atoms with van der Waals surface area (Å²) in [5.74, 6) is 2.38. The second-order valence-corrected chi connectivity index (χ2v) is 10.3. The Morgan fingerprint density at radius 2 is 1.85 bits per heavy atom. The van der Waals surface area contributed by atoms with Crippen LogP contribution in [-0.2, 0) is 0 Å². The Labute approximate surface area is 198 Å². The lowest BCUT2D eigenvalue weighted by molar-refractivity contribution is 0.0600. The lowest BCUT2D eigenvalue weighted by atomic mass is 9.94. The summed E-state index contributed by atoms with van der Waals surface area (Å²) in [5, 5.41) is 12.9. The molecule has 0 amide bonds. The van der Waals surface area contributed by atoms with Crippen LogP contribution in [-0.4, -0.2) is 53.4 Å². The van der Waals surface area contributed by atoms with Crippen LogP contribution in [0.2, 0.25) is 0 Å². The van der Waals surface area contributed by atoms with Gasteiger partial charge in [0.1, 0.15) is 24.2 Å². The fraction of sp³-hybridized carbons (Fsp3) is 0.407. The van der Waals surface area contributed by atoms with Crippen molar-refractivity contribution in [1.29, 1.82) is 0 Å². The van der Waals surface area contributed by atoms with E-state index in [1.165, 1.54) is 15.0 Å². The Kier molecular flexibility index (Phi) is 6.58. The van der Waals surface area contributed by atoms with Crippen molar-refractivity contribution in [3.8, 4) is 11.5 Å². The van der Waals surface area contributed by atoms with Crippen molar-refractivity contribution in [2.45, 2.75) is 44.8 Å². The molecule has 174 valence electrons. The molecule has 0 saturated carbocycles. The van der Waals surface area contributed by atoms with E-state index in [-0.39, 0.29) is 6.10 Å². The molecule has 1 fully saturated rings. The molecule has 4 aromatic rings. The highest BCUT2D eigenvalue weighted by Gasteiger charge is 2.24. The predicted molar refractivity (Wildman–Crippen MR) is 136 cm³/mol. The number of benzene rings is 2. The van der Waals surface area contributed by atoms with Gasteiger partial charge in [0, 0.05) is 38.6 Å². The zero-order valence-corrected chi connectivity index (χ0v) is 20.1. The number of nitrogens with zero attached hydrogens (tertiary/aromatic N) is 1. The molecule has 0 unspecified atom stereocenters. The number of aliphatic hydroxyl groups is 1. The number of aromatic nitrogens is 1. The lowest BCUT2D eigenvalue weighted by Crippen LogP contribution is -2.40. The zero-order valence-electron chi connectivity index (χ0n) is 19.3. The molecule has 0 radical (unpaired) electrons. The fourth-order valence-electron chi connectivity index (χ4n) is 4.73. The Balaban J connectivity index is 1.14. The first-order chi connectivity index (χ1) is 16.1. The summed E-state index contributed by atoms with van der Waals surface area (Å²) in [6.07, 6.45) is 3.81. The van der Waals surface area contributed by atoms with Gasteiger partial charge in [0.2, 0.25) is 0 Å². The maximum atomic E-state index is 10.6. The molecular formula is C27H32N2O3S. The fourth-order valence-corrected chi connectivity index (χ4v) is 5.98. The van der Waals surface area contributed by atoms with Crippen LogP contribution in [0.1, 0.15) is 37.5 Å². The first-order valence-electron chi connectivity index (χ1n) is 11.9. The summed E-state index contributed by atoms with van der Waals surface area (Å²) in [7, 11) is 0. The number of ether oxygens (including phenoxy) is 2. The third kappa shape index (κ3) is 5.03. The minimum Gasteiger partial charge on any atom is -0.490 e. The number of likely N-dealkylation sites (tertiary alicyclic amines) is 1. The van der Waals surface area contributed by atoms with Gasteiger partial charge in [0.15, 0.2) is 0 Å². The van der Waals surface area contributed by atoms with Gasteiger partial charge in [-0.05, 0) is 82.1 Å². The monoisotopic (exact) mass is 464 g/mol. The largest absolute Gasteiger partial charge is 0.490 e. The molecule has 2 N–H and O–H groups in total. The van der Waals surface area contributed by atoms with Crippen molar-refractivity contribution in [3.63, 3.8) is 0 Å². The van der Waals surface area contributed by atoms with E-state index in [9.17, 15) is 5.11 Å². The topological polar surface area (TPSA) is 57.7 Å². The second kappa shape index (κ2) is 9.75. The Morgan fingerprint density at radius 3 is 2.67 bits per heavy atom. The number of fused-ring (bicyclic) bond motifs is 2. The highest BCUT2D eigenvalue weighted by molar-refractivity contribution is 7.19. The first kappa shape index (κ1) is 22.3. The number of thiophene rings is 1. The lowest BCUT2D eigenvalue weighted by Gasteiger charge is -2.32. The van der Waals surface area contributed by atoms with Crippen molar-refractivity contribution in [3.05, 3.63) is 59.6 Å². The average Bonchev–Trinajstić information content (AvgIpc) is 3.46. The summed E-state index contributed by atoms with van der Waals surface area (Å²) in [5.41, 5.74) is 1.05. The number of aliphatic hydroxyl groups excluding tert-OH is 1. The van der Waals surface area contributed by atoms with E-state index >= 15 is 0 Å². The molecule has 1 aliphatic rings. The first-order valence-corrected chi connectivity index (χ1v) is 12.7. The third-order valence-corrected chi connectivity index (χ3v) is 7.61. The second-order valence-electron chi connectivity index (χ2n) is 9.22. The molecule has 1 saturated heterocycles.